The van der Waals surface area contributed by atoms with E-state index in [9.17, 15) is 26.3 Å². The van der Waals surface area contributed by atoms with Crippen LogP contribution in [-0.4, -0.2) is 32.7 Å². The van der Waals surface area contributed by atoms with Crippen LogP contribution in [-0.2, 0) is 18.9 Å². The summed E-state index contributed by atoms with van der Waals surface area (Å²) in [6.07, 6.45) is 7.28. The fourth-order valence-corrected chi connectivity index (χ4v) is 6.87. The van der Waals surface area contributed by atoms with Crippen molar-refractivity contribution in [3.05, 3.63) is 70.3 Å². The van der Waals surface area contributed by atoms with Crippen LogP contribution in [0.5, 0.6) is 0 Å². The van der Waals surface area contributed by atoms with E-state index in [1.165, 1.54) is 25.7 Å². The molecule has 2 saturated carbocycles. The van der Waals surface area contributed by atoms with Gasteiger partial charge in [0.2, 0.25) is 0 Å². The van der Waals surface area contributed by atoms with E-state index in [2.05, 4.69) is 13.8 Å². The van der Waals surface area contributed by atoms with E-state index in [0.29, 0.717) is 42.4 Å². The number of ether oxygens (including phenoxy) is 4. The van der Waals surface area contributed by atoms with Gasteiger partial charge in [-0.15, -0.1) is 0 Å². The van der Waals surface area contributed by atoms with Crippen molar-refractivity contribution in [3.63, 3.8) is 0 Å². The second kappa shape index (κ2) is 15.0. The predicted octanol–water partition coefficient (Wildman–Crippen LogP) is 9.47. The van der Waals surface area contributed by atoms with Gasteiger partial charge < -0.3 is 18.9 Å². The van der Waals surface area contributed by atoms with Gasteiger partial charge in [0.05, 0.1) is 26.4 Å². The SMILES string of the molecule is CC1CCC(C2COC(c3cc(F)c(F)c(F)c3)OC2)CC1.CC1COC(C2CCC(c3cc(F)c(F)c(F)c3)CC2)OC1.[HH].[HH]. The van der Waals surface area contributed by atoms with E-state index in [1.807, 2.05) is 0 Å². The Morgan fingerprint density at radius 1 is 0.500 bits per heavy atom. The maximum absolute atomic E-state index is 13.3. The predicted molar refractivity (Wildman–Crippen MR) is 156 cm³/mol. The zero-order chi connectivity index (χ0) is 31.4. The van der Waals surface area contributed by atoms with Crippen LogP contribution in [0.25, 0.3) is 0 Å². The fourth-order valence-electron chi connectivity index (χ4n) is 6.87. The molecule has 10 heteroatoms. The lowest BCUT2D eigenvalue weighted by Gasteiger charge is -2.37. The van der Waals surface area contributed by atoms with Crippen molar-refractivity contribution >= 4 is 0 Å². The van der Waals surface area contributed by atoms with Gasteiger partial charge >= 0.3 is 0 Å². The lowest BCUT2D eigenvalue weighted by atomic mass is 9.76. The minimum atomic E-state index is -1.46. The first-order valence-corrected chi connectivity index (χ1v) is 15.8. The molecule has 0 unspecified atom stereocenters. The summed E-state index contributed by atoms with van der Waals surface area (Å²) in [6.45, 7) is 6.84. The molecule has 248 valence electrons. The van der Waals surface area contributed by atoms with Gasteiger partial charge in [-0.2, -0.15) is 0 Å². The molecule has 0 spiro atoms. The van der Waals surface area contributed by atoms with Gasteiger partial charge in [-0.3, -0.25) is 0 Å². The number of halogens is 6. The lowest BCUT2D eigenvalue weighted by Crippen LogP contribution is -2.37. The third-order valence-electron chi connectivity index (χ3n) is 9.65. The summed E-state index contributed by atoms with van der Waals surface area (Å²) in [7, 11) is 0. The molecular weight excluding hydrogens is 586 g/mol. The molecule has 0 aromatic heterocycles. The zero-order valence-electron chi connectivity index (χ0n) is 25.3. The fraction of sp³-hybridized carbons (Fsp3) is 0.647. The topological polar surface area (TPSA) is 36.9 Å². The molecule has 4 aliphatic rings. The van der Waals surface area contributed by atoms with Gasteiger partial charge in [0.1, 0.15) is 0 Å². The maximum atomic E-state index is 13.3. The lowest BCUT2D eigenvalue weighted by molar-refractivity contribution is -0.226. The van der Waals surface area contributed by atoms with Gasteiger partial charge in [-0.05, 0) is 86.1 Å². The van der Waals surface area contributed by atoms with Gasteiger partial charge in [-0.25, -0.2) is 26.3 Å². The Kier molecular flexibility index (Phi) is 11.3. The van der Waals surface area contributed by atoms with Crippen LogP contribution in [0.1, 0.15) is 91.4 Å². The molecule has 2 aliphatic carbocycles. The Morgan fingerprint density at radius 3 is 1.45 bits per heavy atom. The van der Waals surface area contributed by atoms with Crippen molar-refractivity contribution in [2.75, 3.05) is 26.4 Å². The average Bonchev–Trinajstić information content (AvgIpc) is 3.03. The van der Waals surface area contributed by atoms with Gasteiger partial charge in [0, 0.05) is 26.2 Å². The Hall–Kier alpha value is -2.14. The molecule has 0 radical (unpaired) electrons. The molecule has 2 aromatic carbocycles. The zero-order valence-corrected chi connectivity index (χ0v) is 25.3. The highest BCUT2D eigenvalue weighted by atomic mass is 19.2. The van der Waals surface area contributed by atoms with E-state index in [0.717, 1.165) is 69.1 Å². The van der Waals surface area contributed by atoms with Crippen LogP contribution in [0.2, 0.25) is 0 Å². The highest BCUT2D eigenvalue weighted by Crippen LogP contribution is 2.40. The molecule has 2 aliphatic heterocycles. The molecule has 6 rings (SSSR count). The van der Waals surface area contributed by atoms with E-state index in [1.54, 1.807) is 0 Å². The molecule has 4 nitrogen and oxygen atoms in total. The minimum absolute atomic E-state index is 0. The first-order valence-electron chi connectivity index (χ1n) is 15.8. The van der Waals surface area contributed by atoms with Crippen molar-refractivity contribution in [3.8, 4) is 0 Å². The minimum Gasteiger partial charge on any atom is -0.352 e. The molecule has 0 atom stereocenters. The Balaban J connectivity index is 0.000000240. The van der Waals surface area contributed by atoms with Crippen molar-refractivity contribution in [1.82, 2.24) is 0 Å². The van der Waals surface area contributed by atoms with Crippen molar-refractivity contribution < 1.29 is 48.1 Å². The summed E-state index contributed by atoms with van der Waals surface area (Å²) in [5.41, 5.74) is 0.737. The maximum Gasteiger partial charge on any atom is 0.194 e. The molecule has 2 heterocycles. The summed E-state index contributed by atoms with van der Waals surface area (Å²) in [4.78, 5) is 0. The monoisotopic (exact) mass is 632 g/mol. The van der Waals surface area contributed by atoms with Crippen LogP contribution in [0, 0.1) is 64.5 Å². The van der Waals surface area contributed by atoms with E-state index < -0.39 is 41.2 Å². The van der Waals surface area contributed by atoms with Crippen LogP contribution < -0.4 is 0 Å². The molecule has 0 N–H and O–H groups in total. The molecule has 0 amide bonds. The molecule has 2 saturated heterocycles. The summed E-state index contributed by atoms with van der Waals surface area (Å²) < 4.78 is 102. The van der Waals surface area contributed by atoms with Crippen molar-refractivity contribution in [1.29, 1.82) is 0 Å². The number of rotatable bonds is 4. The highest BCUT2D eigenvalue weighted by Gasteiger charge is 2.34. The second-order valence-electron chi connectivity index (χ2n) is 13.1. The third kappa shape index (κ3) is 8.17. The van der Waals surface area contributed by atoms with E-state index in [4.69, 9.17) is 18.9 Å². The van der Waals surface area contributed by atoms with Crippen LogP contribution in [0.3, 0.4) is 0 Å². The normalized spacial score (nSPS) is 32.9. The number of hydrogen-bond acceptors (Lipinski definition) is 4. The highest BCUT2D eigenvalue weighted by molar-refractivity contribution is 5.24. The largest absolute Gasteiger partial charge is 0.352 e. The third-order valence-corrected chi connectivity index (χ3v) is 9.65. The molecular formula is C34H46F6O4. The molecule has 4 fully saturated rings. The average molecular weight is 633 g/mol. The number of benzene rings is 2. The first-order chi connectivity index (χ1) is 21.1. The van der Waals surface area contributed by atoms with Crippen LogP contribution >= 0.6 is 0 Å². The second-order valence-corrected chi connectivity index (χ2v) is 13.1. The van der Waals surface area contributed by atoms with Gasteiger partial charge in [-0.1, -0.05) is 26.7 Å². The molecule has 2 aromatic rings. The van der Waals surface area contributed by atoms with Crippen LogP contribution in [0.15, 0.2) is 24.3 Å². The summed E-state index contributed by atoms with van der Waals surface area (Å²) >= 11 is 0. The first kappa shape index (κ1) is 33.2. The van der Waals surface area contributed by atoms with Gasteiger partial charge in [0.25, 0.3) is 0 Å². The Morgan fingerprint density at radius 2 is 0.955 bits per heavy atom. The summed E-state index contributed by atoms with van der Waals surface area (Å²) in [6, 6.07) is 4.12. The van der Waals surface area contributed by atoms with Crippen molar-refractivity contribution in [2.45, 2.75) is 83.7 Å². The molecule has 0 bridgehead atoms. The number of hydrogen-bond donors (Lipinski definition) is 0. The Bertz CT molecular complexity index is 1100. The summed E-state index contributed by atoms with van der Waals surface area (Å²) in [5, 5.41) is 0. The van der Waals surface area contributed by atoms with E-state index in [-0.39, 0.29) is 20.6 Å². The summed E-state index contributed by atoms with van der Waals surface area (Å²) in [5.74, 6) is -4.95. The Labute approximate surface area is 258 Å². The van der Waals surface area contributed by atoms with E-state index >= 15 is 0 Å². The quantitative estimate of drug-likeness (QED) is 0.249. The standard InChI is InChI=1S/2C17H21F3O2.2H2/c1-10-8-21-17(22-9-10)12-4-2-11(3-5-12)13-6-14(18)16(20)15(19)7-13;1-10-2-4-11(5-3-10)13-8-21-17(22-9-13)12-6-14(18)16(20)15(19)7-12;;/h6-7,10-12,17H,2-5,8-9H2,1H3;6-7,10-11,13,17H,2-5,8-9H2,1H3;2*1H. The van der Waals surface area contributed by atoms with Crippen LogP contribution in [0.4, 0.5) is 26.3 Å². The van der Waals surface area contributed by atoms with Gasteiger partial charge in [0.15, 0.2) is 47.5 Å². The van der Waals surface area contributed by atoms with Crippen molar-refractivity contribution in [2.24, 2.45) is 29.6 Å². The smallest absolute Gasteiger partial charge is 0.194 e. The molecule has 44 heavy (non-hydrogen) atoms.